The van der Waals surface area contributed by atoms with Gasteiger partial charge in [-0.3, -0.25) is 0 Å². The minimum atomic E-state index is -5.19. The van der Waals surface area contributed by atoms with Crippen molar-refractivity contribution in [2.45, 2.75) is 38.8 Å². The molecule has 0 aliphatic rings. The Labute approximate surface area is 188 Å². The number of unbranched alkanes of at least 4 members (excludes halogenated alkanes) is 3. The lowest BCUT2D eigenvalue weighted by Gasteiger charge is -2.27. The summed E-state index contributed by atoms with van der Waals surface area (Å²) in [7, 11) is -1.59. The SMILES string of the molecule is CCCCCC[P+](c1ccccc1)(c1ccccc1)c1ccccc1.O=C([O-])C(F)(F)F. The van der Waals surface area contributed by atoms with E-state index in [2.05, 4.69) is 97.9 Å². The van der Waals surface area contributed by atoms with Crippen LogP contribution in [0.1, 0.15) is 32.6 Å². The predicted molar refractivity (Wildman–Crippen MR) is 125 cm³/mol. The second-order valence-corrected chi connectivity index (χ2v) is 11.0. The van der Waals surface area contributed by atoms with Gasteiger partial charge < -0.3 is 9.90 Å². The first-order chi connectivity index (χ1) is 15.3. The fourth-order valence-corrected chi connectivity index (χ4v) is 8.07. The lowest BCUT2D eigenvalue weighted by Crippen LogP contribution is -2.37. The number of carbonyl (C=O) groups is 1. The molecular formula is C26H28F3O2P. The van der Waals surface area contributed by atoms with Crippen molar-refractivity contribution >= 4 is 29.1 Å². The van der Waals surface area contributed by atoms with Gasteiger partial charge >= 0.3 is 6.18 Å². The number of rotatable bonds is 8. The van der Waals surface area contributed by atoms with Crippen LogP contribution in [0.5, 0.6) is 0 Å². The molecule has 0 N–H and O–H groups in total. The first-order valence-electron chi connectivity index (χ1n) is 10.7. The molecular weight excluding hydrogens is 432 g/mol. The molecule has 2 nitrogen and oxygen atoms in total. The minimum absolute atomic E-state index is 1.25. The van der Waals surface area contributed by atoms with Gasteiger partial charge in [0, 0.05) is 0 Å². The molecule has 0 atom stereocenters. The van der Waals surface area contributed by atoms with Crippen molar-refractivity contribution in [2.75, 3.05) is 6.16 Å². The number of carbonyl (C=O) groups excluding carboxylic acids is 1. The van der Waals surface area contributed by atoms with Crippen LogP contribution in [-0.4, -0.2) is 18.3 Å². The molecule has 0 fully saturated rings. The first-order valence-corrected chi connectivity index (χ1v) is 12.6. The molecule has 0 radical (unpaired) electrons. The first kappa shape index (κ1) is 25.6. The van der Waals surface area contributed by atoms with E-state index in [4.69, 9.17) is 9.90 Å². The van der Waals surface area contributed by atoms with E-state index in [1.54, 1.807) is 0 Å². The van der Waals surface area contributed by atoms with Crippen molar-refractivity contribution in [2.24, 2.45) is 0 Å². The van der Waals surface area contributed by atoms with Gasteiger partial charge in [-0.05, 0) is 49.2 Å². The molecule has 0 aliphatic carbocycles. The zero-order valence-corrected chi connectivity index (χ0v) is 19.0. The van der Waals surface area contributed by atoms with Gasteiger partial charge in [-0.25, -0.2) is 0 Å². The molecule has 3 rings (SSSR count). The van der Waals surface area contributed by atoms with E-state index in [0.717, 1.165) is 0 Å². The van der Waals surface area contributed by atoms with E-state index >= 15 is 0 Å². The topological polar surface area (TPSA) is 40.1 Å². The maximum Gasteiger partial charge on any atom is 0.430 e. The zero-order valence-electron chi connectivity index (χ0n) is 18.1. The number of halogens is 3. The van der Waals surface area contributed by atoms with Crippen LogP contribution in [0.25, 0.3) is 0 Å². The summed E-state index contributed by atoms with van der Waals surface area (Å²) in [6, 6.07) is 33.6. The second-order valence-electron chi connectivity index (χ2n) is 7.39. The Balaban J connectivity index is 0.000000451. The van der Waals surface area contributed by atoms with Crippen molar-refractivity contribution < 1.29 is 23.1 Å². The molecule has 0 unspecified atom stereocenters. The number of alkyl halides is 3. The van der Waals surface area contributed by atoms with Crippen LogP contribution < -0.4 is 21.0 Å². The Morgan fingerprint density at radius 1 is 0.719 bits per heavy atom. The van der Waals surface area contributed by atoms with Crippen molar-refractivity contribution in [1.82, 2.24) is 0 Å². The smallest absolute Gasteiger partial charge is 0.430 e. The lowest BCUT2D eigenvalue weighted by atomic mass is 10.2. The Morgan fingerprint density at radius 2 is 1.06 bits per heavy atom. The summed E-state index contributed by atoms with van der Waals surface area (Å²) in [5, 5.41) is 13.3. The average Bonchev–Trinajstić information content (AvgIpc) is 2.81. The predicted octanol–water partition coefficient (Wildman–Crippen LogP) is 4.86. The van der Waals surface area contributed by atoms with Crippen molar-refractivity contribution in [3.05, 3.63) is 91.0 Å². The van der Waals surface area contributed by atoms with Crippen LogP contribution >= 0.6 is 7.26 Å². The summed E-state index contributed by atoms with van der Waals surface area (Å²) in [5.74, 6) is -3.01. The molecule has 0 saturated heterocycles. The molecule has 0 aromatic heterocycles. The monoisotopic (exact) mass is 460 g/mol. The van der Waals surface area contributed by atoms with Gasteiger partial charge in [0.2, 0.25) is 0 Å². The number of aliphatic carboxylic acids is 1. The number of carboxylic acids is 1. The van der Waals surface area contributed by atoms with Gasteiger partial charge in [-0.15, -0.1) is 0 Å². The fourth-order valence-electron chi connectivity index (χ4n) is 3.66. The maximum atomic E-state index is 10.5. The molecule has 6 heteroatoms. The lowest BCUT2D eigenvalue weighted by molar-refractivity contribution is -0.344. The van der Waals surface area contributed by atoms with Gasteiger partial charge in [-0.1, -0.05) is 74.4 Å². The highest BCUT2D eigenvalue weighted by atomic mass is 31.2. The normalized spacial score (nSPS) is 11.4. The van der Waals surface area contributed by atoms with Crippen LogP contribution in [0.15, 0.2) is 91.0 Å². The van der Waals surface area contributed by atoms with Crippen molar-refractivity contribution in [3.63, 3.8) is 0 Å². The zero-order chi connectivity index (χ0) is 23.5. The van der Waals surface area contributed by atoms with Gasteiger partial charge in [0.1, 0.15) is 29.1 Å². The summed E-state index contributed by atoms with van der Waals surface area (Å²) in [4.78, 5) is 8.78. The summed E-state index contributed by atoms with van der Waals surface area (Å²) in [5.41, 5.74) is 0. The molecule has 0 aliphatic heterocycles. The third-order valence-electron chi connectivity index (χ3n) is 5.17. The number of hydrogen-bond donors (Lipinski definition) is 0. The Hall–Kier alpha value is -2.65. The summed E-state index contributed by atoms with van der Waals surface area (Å²) < 4.78 is 31.5. The molecule has 170 valence electrons. The third-order valence-corrected chi connectivity index (χ3v) is 9.70. The van der Waals surface area contributed by atoms with E-state index in [9.17, 15) is 13.2 Å². The molecule has 3 aromatic carbocycles. The minimum Gasteiger partial charge on any atom is -0.542 e. The Bertz CT molecular complexity index is 833. The quantitative estimate of drug-likeness (QED) is 0.356. The van der Waals surface area contributed by atoms with Crippen LogP contribution in [0.2, 0.25) is 0 Å². The van der Waals surface area contributed by atoms with Gasteiger partial charge in [0.25, 0.3) is 0 Å². The van der Waals surface area contributed by atoms with Crippen LogP contribution in [0.4, 0.5) is 13.2 Å². The van der Waals surface area contributed by atoms with E-state index in [1.165, 1.54) is 47.8 Å². The third kappa shape index (κ3) is 6.93. The Kier molecular flexibility index (Phi) is 9.93. The summed E-state index contributed by atoms with van der Waals surface area (Å²) in [6.45, 7) is 2.29. The molecule has 0 spiro atoms. The maximum absolute atomic E-state index is 10.5. The van der Waals surface area contributed by atoms with E-state index in [0.29, 0.717) is 0 Å². The highest BCUT2D eigenvalue weighted by molar-refractivity contribution is 7.95. The van der Waals surface area contributed by atoms with Gasteiger partial charge in [0.15, 0.2) is 0 Å². The molecule has 0 amide bonds. The van der Waals surface area contributed by atoms with E-state index in [-0.39, 0.29) is 0 Å². The van der Waals surface area contributed by atoms with E-state index < -0.39 is 19.4 Å². The van der Waals surface area contributed by atoms with Crippen LogP contribution in [0.3, 0.4) is 0 Å². The largest absolute Gasteiger partial charge is 0.542 e. The highest BCUT2D eigenvalue weighted by Crippen LogP contribution is 2.55. The molecule has 0 bridgehead atoms. The van der Waals surface area contributed by atoms with Crippen LogP contribution in [0, 0.1) is 0 Å². The number of benzene rings is 3. The van der Waals surface area contributed by atoms with Crippen molar-refractivity contribution in [1.29, 1.82) is 0 Å². The summed E-state index contributed by atoms with van der Waals surface area (Å²) >= 11 is 0. The molecule has 32 heavy (non-hydrogen) atoms. The molecule has 0 saturated carbocycles. The number of carboxylic acid groups (broad SMARTS) is 1. The average molecular weight is 460 g/mol. The van der Waals surface area contributed by atoms with Crippen LogP contribution in [-0.2, 0) is 4.79 Å². The highest BCUT2D eigenvalue weighted by Gasteiger charge is 2.44. The molecule has 0 heterocycles. The standard InChI is InChI=1S/C24H28P.C2HF3O2/c1-2-3-4-14-21-25(22-15-8-5-9-16-22,23-17-10-6-11-18-23)24-19-12-7-13-20-24;3-2(4,5)1(6)7/h5-13,15-20H,2-4,14,21H2,1H3;(H,6,7)/q+1;/p-1. The molecule has 3 aromatic rings. The fraction of sp³-hybridized carbons (Fsp3) is 0.269. The van der Waals surface area contributed by atoms with Gasteiger partial charge in [-0.2, -0.15) is 13.2 Å². The van der Waals surface area contributed by atoms with E-state index in [1.807, 2.05) is 0 Å². The second kappa shape index (κ2) is 12.4. The Morgan fingerprint density at radius 3 is 1.34 bits per heavy atom. The van der Waals surface area contributed by atoms with Crippen molar-refractivity contribution in [3.8, 4) is 0 Å². The van der Waals surface area contributed by atoms with Gasteiger partial charge in [0.05, 0.1) is 6.16 Å². The summed E-state index contributed by atoms with van der Waals surface area (Å²) in [6.07, 6.45) is 1.29. The number of hydrogen-bond acceptors (Lipinski definition) is 2.